The molecule has 2 heteroatoms. The van der Waals surface area contributed by atoms with Crippen LogP contribution in [0.4, 0.5) is 11.4 Å². The predicted molar refractivity (Wildman–Crippen MR) is 262 cm³/mol. The molecule has 0 aliphatic rings. The molecule has 0 spiro atoms. The average molecular weight is 799 g/mol. The van der Waals surface area contributed by atoms with Crippen molar-refractivity contribution in [3.05, 3.63) is 129 Å². The van der Waals surface area contributed by atoms with E-state index in [1.165, 1.54) is 218 Å². The highest BCUT2D eigenvalue weighted by Gasteiger charge is 2.18. The third kappa shape index (κ3) is 18.3. The lowest BCUT2D eigenvalue weighted by molar-refractivity contribution is 0.545. The molecule has 0 fully saturated rings. The molecule has 0 heterocycles. The van der Waals surface area contributed by atoms with Gasteiger partial charge < -0.3 is 11.5 Å². The normalized spacial score (nSPS) is 12.5. The van der Waals surface area contributed by atoms with Crippen LogP contribution >= 0.6 is 0 Å². The maximum atomic E-state index is 6.13. The van der Waals surface area contributed by atoms with Crippen molar-refractivity contribution in [2.45, 2.75) is 213 Å². The monoisotopic (exact) mass is 799 g/mol. The molecular formula is C57H86N2. The Bertz CT molecular complexity index is 1540. The molecule has 2 unspecified atom stereocenters. The van der Waals surface area contributed by atoms with Crippen molar-refractivity contribution in [1.29, 1.82) is 0 Å². The van der Waals surface area contributed by atoms with Crippen LogP contribution in [-0.2, 0) is 12.8 Å². The van der Waals surface area contributed by atoms with Crippen LogP contribution in [0.2, 0.25) is 0 Å². The molecular weight excluding hydrogens is 713 g/mol. The van der Waals surface area contributed by atoms with Crippen LogP contribution in [0.25, 0.3) is 0 Å². The van der Waals surface area contributed by atoms with Gasteiger partial charge in [-0.2, -0.15) is 0 Å². The Balaban J connectivity index is 1.06. The first-order valence-corrected chi connectivity index (χ1v) is 24.8. The minimum Gasteiger partial charge on any atom is -0.399 e. The summed E-state index contributed by atoms with van der Waals surface area (Å²) in [7, 11) is 0. The summed E-state index contributed by atoms with van der Waals surface area (Å²) in [6.07, 6.45) is 36.1. The molecule has 0 aromatic heterocycles. The van der Waals surface area contributed by atoms with Gasteiger partial charge in [-0.05, 0) is 121 Å². The van der Waals surface area contributed by atoms with E-state index in [1.54, 1.807) is 0 Å². The van der Waals surface area contributed by atoms with E-state index >= 15 is 0 Å². The molecule has 0 aliphatic heterocycles. The smallest absolute Gasteiger partial charge is 0.0316 e. The fourth-order valence-corrected chi connectivity index (χ4v) is 9.52. The summed E-state index contributed by atoms with van der Waals surface area (Å²) in [5.41, 5.74) is 25.5. The maximum Gasteiger partial charge on any atom is 0.0316 e. The Morgan fingerprint density at radius 2 is 0.661 bits per heavy atom. The van der Waals surface area contributed by atoms with Crippen molar-refractivity contribution in [3.63, 3.8) is 0 Å². The fraction of sp³-hybridized carbons (Fsp3) is 0.579. The van der Waals surface area contributed by atoms with Crippen molar-refractivity contribution in [2.75, 3.05) is 11.5 Å². The second-order valence-corrected chi connectivity index (χ2v) is 18.3. The van der Waals surface area contributed by atoms with E-state index in [4.69, 9.17) is 11.5 Å². The number of benzene rings is 4. The number of hydrogen-bond donors (Lipinski definition) is 2. The second-order valence-electron chi connectivity index (χ2n) is 18.3. The SMILES string of the molecule is CCCCCCCCC(c1ccc(CCCCCCCCCCCCCc2ccc(C(CCCCCCCC)c3ccc(N)cc3C)cc2)cc1)c1ccc(N)cc1C. The van der Waals surface area contributed by atoms with E-state index in [9.17, 15) is 0 Å². The van der Waals surface area contributed by atoms with Gasteiger partial charge in [-0.1, -0.05) is 209 Å². The summed E-state index contributed by atoms with van der Waals surface area (Å²) >= 11 is 0. The Labute approximate surface area is 363 Å². The Morgan fingerprint density at radius 3 is 0.983 bits per heavy atom. The van der Waals surface area contributed by atoms with Crippen molar-refractivity contribution >= 4 is 11.4 Å². The lowest BCUT2D eigenvalue weighted by Crippen LogP contribution is -2.05. The third-order valence-corrected chi connectivity index (χ3v) is 13.2. The third-order valence-electron chi connectivity index (χ3n) is 13.2. The van der Waals surface area contributed by atoms with E-state index in [0.29, 0.717) is 11.8 Å². The fourth-order valence-electron chi connectivity index (χ4n) is 9.52. The van der Waals surface area contributed by atoms with Crippen LogP contribution in [0, 0.1) is 13.8 Å². The summed E-state index contributed by atoms with van der Waals surface area (Å²) in [5, 5.41) is 0. The van der Waals surface area contributed by atoms with E-state index in [1.807, 2.05) is 0 Å². The van der Waals surface area contributed by atoms with Crippen molar-refractivity contribution < 1.29 is 0 Å². The van der Waals surface area contributed by atoms with Gasteiger partial charge in [0.1, 0.15) is 0 Å². The number of rotatable bonds is 32. The van der Waals surface area contributed by atoms with E-state index in [-0.39, 0.29) is 0 Å². The number of aryl methyl sites for hydroxylation is 4. The summed E-state index contributed by atoms with van der Waals surface area (Å²) in [6.45, 7) is 9.05. The largest absolute Gasteiger partial charge is 0.399 e. The maximum absolute atomic E-state index is 6.13. The highest BCUT2D eigenvalue weighted by atomic mass is 14.5. The molecule has 0 radical (unpaired) electrons. The molecule has 0 saturated carbocycles. The van der Waals surface area contributed by atoms with E-state index < -0.39 is 0 Å². The number of hydrogen-bond acceptors (Lipinski definition) is 2. The first-order valence-electron chi connectivity index (χ1n) is 24.8. The number of nitrogens with two attached hydrogens (primary N) is 2. The van der Waals surface area contributed by atoms with Crippen molar-refractivity contribution in [1.82, 2.24) is 0 Å². The van der Waals surface area contributed by atoms with Crippen LogP contribution in [0.3, 0.4) is 0 Å². The zero-order chi connectivity index (χ0) is 41.9. The molecule has 4 aromatic carbocycles. The minimum absolute atomic E-state index is 0.462. The van der Waals surface area contributed by atoms with Gasteiger partial charge in [0.2, 0.25) is 0 Å². The quantitative estimate of drug-likeness (QED) is 0.0382. The summed E-state index contributed by atoms with van der Waals surface area (Å²) < 4.78 is 0. The minimum atomic E-state index is 0.462. The Hall–Kier alpha value is -3.52. The standard InChI is InChI=1S/C57H86N2/c1-5-7-9-11-22-26-30-56(54-42-40-52(58)44-46(54)3)50-36-32-48(33-37-50)28-24-20-18-16-14-13-15-17-19-21-25-29-49-34-38-51(39-35-49)57(31-27-23-12-10-8-6-2)55-43-41-53(59)45-47(55)4/h32-45,56-57H,5-31,58-59H2,1-4H3. The van der Waals surface area contributed by atoms with Crippen molar-refractivity contribution in [3.8, 4) is 0 Å². The second kappa shape index (κ2) is 28.9. The molecule has 324 valence electrons. The van der Waals surface area contributed by atoms with E-state index in [2.05, 4.69) is 113 Å². The lowest BCUT2D eigenvalue weighted by Gasteiger charge is -2.21. The lowest BCUT2D eigenvalue weighted by atomic mass is 9.84. The average Bonchev–Trinajstić information content (AvgIpc) is 3.23. The number of unbranched alkanes of at least 4 members (excludes halogenated alkanes) is 20. The highest BCUT2D eigenvalue weighted by molar-refractivity contribution is 5.49. The number of anilines is 2. The van der Waals surface area contributed by atoms with Crippen LogP contribution < -0.4 is 11.5 Å². The highest BCUT2D eigenvalue weighted by Crippen LogP contribution is 2.35. The molecule has 0 saturated heterocycles. The Kier molecular flexibility index (Phi) is 23.6. The zero-order valence-electron chi connectivity index (χ0n) is 38.5. The summed E-state index contributed by atoms with van der Waals surface area (Å²) in [4.78, 5) is 0. The molecule has 2 atom stereocenters. The van der Waals surface area contributed by atoms with Crippen LogP contribution in [0.15, 0.2) is 84.9 Å². The van der Waals surface area contributed by atoms with Gasteiger partial charge in [0.05, 0.1) is 0 Å². The summed E-state index contributed by atoms with van der Waals surface area (Å²) in [6, 6.07) is 32.3. The molecule has 0 bridgehead atoms. The van der Waals surface area contributed by atoms with Gasteiger partial charge in [-0.25, -0.2) is 0 Å². The first kappa shape index (κ1) is 48.1. The van der Waals surface area contributed by atoms with Crippen molar-refractivity contribution in [2.24, 2.45) is 0 Å². The summed E-state index contributed by atoms with van der Waals surface area (Å²) in [5.74, 6) is 0.923. The van der Waals surface area contributed by atoms with Crippen LogP contribution in [-0.4, -0.2) is 0 Å². The number of nitrogen functional groups attached to an aromatic ring is 2. The molecule has 59 heavy (non-hydrogen) atoms. The van der Waals surface area contributed by atoms with Crippen LogP contribution in [0.5, 0.6) is 0 Å². The first-order chi connectivity index (χ1) is 28.9. The molecule has 0 amide bonds. The molecule has 4 N–H and O–H groups in total. The topological polar surface area (TPSA) is 52.0 Å². The van der Waals surface area contributed by atoms with Gasteiger partial charge in [0.15, 0.2) is 0 Å². The van der Waals surface area contributed by atoms with Gasteiger partial charge in [-0.15, -0.1) is 0 Å². The van der Waals surface area contributed by atoms with Gasteiger partial charge in [0.25, 0.3) is 0 Å². The van der Waals surface area contributed by atoms with Gasteiger partial charge in [0, 0.05) is 23.2 Å². The molecule has 2 nitrogen and oxygen atoms in total. The van der Waals surface area contributed by atoms with E-state index in [0.717, 1.165) is 11.4 Å². The predicted octanol–water partition coefficient (Wildman–Crippen LogP) is 17.3. The van der Waals surface area contributed by atoms with Gasteiger partial charge >= 0.3 is 0 Å². The molecule has 4 rings (SSSR count). The Morgan fingerprint density at radius 1 is 0.356 bits per heavy atom. The zero-order valence-corrected chi connectivity index (χ0v) is 38.5. The molecule has 0 aliphatic carbocycles. The van der Waals surface area contributed by atoms with Crippen LogP contribution in [0.1, 0.15) is 231 Å². The molecule has 4 aromatic rings. The van der Waals surface area contributed by atoms with Gasteiger partial charge in [-0.3, -0.25) is 0 Å².